The number of carbonyl (C=O) groups is 1. The highest BCUT2D eigenvalue weighted by molar-refractivity contribution is 5.83. The Bertz CT molecular complexity index is 424. The second-order valence-corrected chi connectivity index (χ2v) is 7.08. The zero-order valence-electron chi connectivity index (χ0n) is 14.3. The molecule has 0 N–H and O–H groups in total. The molecule has 0 aliphatic carbocycles. The number of amides is 1. The average molecular weight is 322 g/mol. The quantitative estimate of drug-likeness (QED) is 0.739. The first kappa shape index (κ1) is 16.9. The van der Waals surface area contributed by atoms with Crippen molar-refractivity contribution in [2.24, 2.45) is 5.41 Å². The molecule has 3 rings (SSSR count). The number of ether oxygens (including phenoxy) is 2. The summed E-state index contributed by atoms with van der Waals surface area (Å²) in [5, 5.41) is 0. The van der Waals surface area contributed by atoms with Crippen LogP contribution >= 0.6 is 0 Å². The molecule has 0 aromatic carbocycles. The van der Waals surface area contributed by atoms with E-state index in [1.165, 1.54) is 0 Å². The lowest BCUT2D eigenvalue weighted by Crippen LogP contribution is -2.52. The van der Waals surface area contributed by atoms with E-state index < -0.39 is 0 Å². The van der Waals surface area contributed by atoms with Crippen LogP contribution in [0.15, 0.2) is 12.2 Å². The Labute approximate surface area is 139 Å². The van der Waals surface area contributed by atoms with Crippen molar-refractivity contribution in [3.63, 3.8) is 0 Å². The Balaban J connectivity index is 1.62. The lowest BCUT2D eigenvalue weighted by molar-refractivity contribution is -0.145. The summed E-state index contributed by atoms with van der Waals surface area (Å²) in [7, 11) is 1.69. The summed E-state index contributed by atoms with van der Waals surface area (Å²) >= 11 is 0. The molecule has 1 spiro atoms. The first-order valence-electron chi connectivity index (χ1n) is 9.00. The van der Waals surface area contributed by atoms with E-state index in [9.17, 15) is 4.79 Å². The largest absolute Gasteiger partial charge is 0.383 e. The summed E-state index contributed by atoms with van der Waals surface area (Å²) in [6.45, 7) is 5.91. The van der Waals surface area contributed by atoms with Crippen molar-refractivity contribution < 1.29 is 14.3 Å². The van der Waals surface area contributed by atoms with E-state index in [1.807, 2.05) is 4.90 Å². The molecule has 5 heteroatoms. The van der Waals surface area contributed by atoms with Gasteiger partial charge in [-0.1, -0.05) is 12.2 Å². The molecule has 0 unspecified atom stereocenters. The van der Waals surface area contributed by atoms with Crippen LogP contribution in [0.25, 0.3) is 0 Å². The van der Waals surface area contributed by atoms with E-state index in [2.05, 4.69) is 17.1 Å². The van der Waals surface area contributed by atoms with E-state index in [4.69, 9.17) is 9.47 Å². The predicted molar refractivity (Wildman–Crippen MR) is 89.3 cm³/mol. The number of allylic oxidation sites excluding steroid dienone is 1. The van der Waals surface area contributed by atoms with Crippen molar-refractivity contribution in [2.75, 3.05) is 53.1 Å². The molecular formula is C18H30N2O3. The second kappa shape index (κ2) is 7.77. The predicted octanol–water partition coefficient (Wildman–Crippen LogP) is 1.68. The lowest BCUT2D eigenvalue weighted by Gasteiger charge is -2.45. The topological polar surface area (TPSA) is 42.0 Å². The number of nitrogens with zero attached hydrogens (tertiary/aromatic N) is 2. The van der Waals surface area contributed by atoms with Crippen LogP contribution in [0.3, 0.4) is 0 Å². The van der Waals surface area contributed by atoms with E-state index >= 15 is 0 Å². The van der Waals surface area contributed by atoms with Crippen molar-refractivity contribution in [3.05, 3.63) is 12.2 Å². The third-order valence-corrected chi connectivity index (χ3v) is 5.77. The highest BCUT2D eigenvalue weighted by Gasteiger charge is 2.44. The molecular weight excluding hydrogens is 292 g/mol. The van der Waals surface area contributed by atoms with Crippen LogP contribution in [0, 0.1) is 5.41 Å². The van der Waals surface area contributed by atoms with Crippen molar-refractivity contribution in [1.82, 2.24) is 9.80 Å². The fourth-order valence-corrected chi connectivity index (χ4v) is 4.20. The van der Waals surface area contributed by atoms with Gasteiger partial charge in [0, 0.05) is 39.5 Å². The van der Waals surface area contributed by atoms with Crippen molar-refractivity contribution in [3.8, 4) is 0 Å². The van der Waals surface area contributed by atoms with Crippen LogP contribution in [-0.4, -0.2) is 74.9 Å². The van der Waals surface area contributed by atoms with Crippen molar-refractivity contribution >= 4 is 5.91 Å². The fourth-order valence-electron chi connectivity index (χ4n) is 4.20. The minimum atomic E-state index is -0.178. The van der Waals surface area contributed by atoms with Crippen molar-refractivity contribution in [2.45, 2.75) is 38.1 Å². The van der Waals surface area contributed by atoms with Gasteiger partial charge in [-0.25, -0.2) is 0 Å². The average Bonchev–Trinajstić information content (AvgIpc) is 2.75. The van der Waals surface area contributed by atoms with Crippen molar-refractivity contribution in [1.29, 1.82) is 0 Å². The van der Waals surface area contributed by atoms with Gasteiger partial charge in [0.2, 0.25) is 5.91 Å². The summed E-state index contributed by atoms with van der Waals surface area (Å²) in [5.41, 5.74) is -0.178. The van der Waals surface area contributed by atoms with Gasteiger partial charge in [0.15, 0.2) is 0 Å². The summed E-state index contributed by atoms with van der Waals surface area (Å²) < 4.78 is 10.6. The molecule has 0 aromatic heterocycles. The van der Waals surface area contributed by atoms with Gasteiger partial charge in [0.25, 0.3) is 0 Å². The van der Waals surface area contributed by atoms with E-state index in [-0.39, 0.29) is 5.41 Å². The molecule has 5 nitrogen and oxygen atoms in total. The minimum Gasteiger partial charge on any atom is -0.383 e. The molecule has 3 heterocycles. The van der Waals surface area contributed by atoms with Crippen LogP contribution in [-0.2, 0) is 14.3 Å². The summed E-state index contributed by atoms with van der Waals surface area (Å²) in [4.78, 5) is 17.7. The van der Waals surface area contributed by atoms with Crippen LogP contribution in [0.1, 0.15) is 32.1 Å². The monoisotopic (exact) mass is 322 g/mol. The van der Waals surface area contributed by atoms with Gasteiger partial charge in [0.05, 0.1) is 12.0 Å². The Morgan fingerprint density at radius 1 is 1.26 bits per heavy atom. The van der Waals surface area contributed by atoms with Gasteiger partial charge >= 0.3 is 0 Å². The Morgan fingerprint density at radius 2 is 2.00 bits per heavy atom. The standard InChI is InChI=1S/C18H30N2O3/c1-22-15-12-20-9-3-2-6-18(17(20)21)7-10-19(11-8-18)16-4-13-23-14-5-16/h2-3,16H,4-15H2,1H3. The number of likely N-dealkylation sites (tertiary alicyclic amines) is 1. The molecule has 2 saturated heterocycles. The molecule has 0 saturated carbocycles. The minimum absolute atomic E-state index is 0.178. The zero-order valence-corrected chi connectivity index (χ0v) is 14.3. The van der Waals surface area contributed by atoms with Crippen LogP contribution in [0.5, 0.6) is 0 Å². The van der Waals surface area contributed by atoms with Gasteiger partial charge in [-0.2, -0.15) is 0 Å². The maximum absolute atomic E-state index is 13.1. The molecule has 0 bridgehead atoms. The van der Waals surface area contributed by atoms with Crippen LogP contribution in [0.2, 0.25) is 0 Å². The smallest absolute Gasteiger partial charge is 0.229 e. The van der Waals surface area contributed by atoms with Crippen LogP contribution < -0.4 is 0 Å². The van der Waals surface area contributed by atoms with Crippen LogP contribution in [0.4, 0.5) is 0 Å². The number of rotatable bonds is 4. The molecule has 3 aliphatic heterocycles. The molecule has 23 heavy (non-hydrogen) atoms. The third kappa shape index (κ3) is 3.78. The summed E-state index contributed by atoms with van der Waals surface area (Å²) in [5.74, 6) is 0.339. The SMILES string of the molecule is COCCN1CC=CCC2(CCN(C3CCOCC3)CC2)C1=O. The van der Waals surface area contributed by atoms with E-state index in [1.54, 1.807) is 7.11 Å². The van der Waals surface area contributed by atoms with Gasteiger partial charge in [-0.15, -0.1) is 0 Å². The maximum atomic E-state index is 13.1. The number of hydrogen-bond donors (Lipinski definition) is 0. The normalized spacial score (nSPS) is 26.7. The lowest BCUT2D eigenvalue weighted by atomic mass is 9.74. The van der Waals surface area contributed by atoms with Gasteiger partial charge in [-0.3, -0.25) is 4.79 Å². The molecule has 3 aliphatic rings. The Morgan fingerprint density at radius 3 is 2.70 bits per heavy atom. The molecule has 1 amide bonds. The first-order chi connectivity index (χ1) is 11.2. The molecule has 0 atom stereocenters. The number of hydrogen-bond acceptors (Lipinski definition) is 4. The molecule has 130 valence electrons. The zero-order chi connectivity index (χ0) is 16.1. The summed E-state index contributed by atoms with van der Waals surface area (Å²) in [6.07, 6.45) is 9.51. The van der Waals surface area contributed by atoms with E-state index in [0.717, 1.165) is 65.0 Å². The van der Waals surface area contributed by atoms with Gasteiger partial charge in [-0.05, 0) is 45.2 Å². The number of piperidine rings is 1. The highest BCUT2D eigenvalue weighted by atomic mass is 16.5. The molecule has 2 fully saturated rings. The van der Waals surface area contributed by atoms with E-state index in [0.29, 0.717) is 25.1 Å². The Kier molecular flexibility index (Phi) is 5.72. The number of methoxy groups -OCH3 is 1. The van der Waals surface area contributed by atoms with Gasteiger partial charge < -0.3 is 19.3 Å². The fraction of sp³-hybridized carbons (Fsp3) is 0.833. The first-order valence-corrected chi connectivity index (χ1v) is 9.00. The maximum Gasteiger partial charge on any atom is 0.229 e. The number of carbonyl (C=O) groups excluding carboxylic acids is 1. The molecule has 0 radical (unpaired) electrons. The van der Waals surface area contributed by atoms with Gasteiger partial charge in [0.1, 0.15) is 0 Å². The highest BCUT2D eigenvalue weighted by Crippen LogP contribution is 2.39. The third-order valence-electron chi connectivity index (χ3n) is 5.77. The molecule has 0 aromatic rings. The second-order valence-electron chi connectivity index (χ2n) is 7.08. The Hall–Kier alpha value is -0.910. The summed E-state index contributed by atoms with van der Waals surface area (Å²) in [6, 6.07) is 0.655.